The maximum Gasteiger partial charge on any atom is 0.216 e. The van der Waals surface area contributed by atoms with E-state index in [4.69, 9.17) is 5.73 Å². The number of nitrogens with two attached hydrogens (primary N) is 1. The average Bonchev–Trinajstić information content (AvgIpc) is 2.02. The van der Waals surface area contributed by atoms with Gasteiger partial charge in [0.2, 0.25) is 5.91 Å². The Labute approximate surface area is 78.9 Å². The van der Waals surface area contributed by atoms with E-state index in [9.17, 15) is 9.59 Å². The second-order valence-corrected chi connectivity index (χ2v) is 3.20. The molecule has 0 saturated carbocycles. The van der Waals surface area contributed by atoms with Crippen molar-refractivity contribution in [2.24, 2.45) is 5.73 Å². The van der Waals surface area contributed by atoms with Crippen LogP contribution < -0.4 is 11.1 Å². The summed E-state index contributed by atoms with van der Waals surface area (Å²) in [5.74, 6) is 0.00962. The van der Waals surface area contributed by atoms with Gasteiger partial charge in [-0.25, -0.2) is 0 Å². The Morgan fingerprint density at radius 3 is 2.38 bits per heavy atom. The van der Waals surface area contributed by atoms with Crippen LogP contribution in [0.2, 0.25) is 0 Å². The van der Waals surface area contributed by atoms with Crippen molar-refractivity contribution in [3.8, 4) is 0 Å². The van der Waals surface area contributed by atoms with Crippen LogP contribution in [0.25, 0.3) is 0 Å². The van der Waals surface area contributed by atoms with E-state index < -0.39 is 0 Å². The second kappa shape index (κ2) is 6.60. The molecule has 0 aromatic rings. The van der Waals surface area contributed by atoms with Crippen LogP contribution in [-0.2, 0) is 9.59 Å². The Kier molecular flexibility index (Phi) is 6.14. The lowest BCUT2D eigenvalue weighted by Crippen LogP contribution is -2.28. The molecule has 0 heterocycles. The van der Waals surface area contributed by atoms with Gasteiger partial charge in [0.25, 0.3) is 0 Å². The Morgan fingerprint density at radius 2 is 1.92 bits per heavy atom. The largest absolute Gasteiger partial charge is 0.356 e. The summed E-state index contributed by atoms with van der Waals surface area (Å²) in [5, 5.41) is 2.68. The van der Waals surface area contributed by atoms with Crippen LogP contribution in [0.5, 0.6) is 0 Å². The molecule has 4 heteroatoms. The fourth-order valence-corrected chi connectivity index (χ4v) is 0.957. The van der Waals surface area contributed by atoms with E-state index in [0.717, 1.165) is 12.8 Å². The molecule has 76 valence electrons. The fraction of sp³-hybridized carbons (Fsp3) is 0.778. The summed E-state index contributed by atoms with van der Waals surface area (Å²) in [6, 6.07) is -0.336. The first-order chi connectivity index (χ1) is 6.04. The summed E-state index contributed by atoms with van der Waals surface area (Å²) in [5.41, 5.74) is 5.52. The van der Waals surface area contributed by atoms with Crippen molar-refractivity contribution in [2.75, 3.05) is 6.54 Å². The first-order valence-corrected chi connectivity index (χ1v) is 4.54. The number of ketones is 1. The van der Waals surface area contributed by atoms with Crippen LogP contribution in [0.1, 0.15) is 33.1 Å². The van der Waals surface area contributed by atoms with Crippen LogP contribution >= 0.6 is 0 Å². The number of carbonyl (C=O) groups excluding carboxylic acids is 2. The molecule has 0 aromatic carbocycles. The van der Waals surface area contributed by atoms with Crippen LogP contribution in [0.15, 0.2) is 0 Å². The predicted molar refractivity (Wildman–Crippen MR) is 51.2 cm³/mol. The maximum absolute atomic E-state index is 10.7. The highest BCUT2D eigenvalue weighted by molar-refractivity contribution is 5.81. The van der Waals surface area contributed by atoms with Gasteiger partial charge < -0.3 is 11.1 Å². The molecule has 0 bridgehead atoms. The third-order valence-corrected chi connectivity index (χ3v) is 1.84. The summed E-state index contributed by atoms with van der Waals surface area (Å²) in [4.78, 5) is 21.2. The number of nitrogens with one attached hydrogen (secondary N) is 1. The predicted octanol–water partition coefficient (Wildman–Crippen LogP) is 0.209. The number of hydrogen-bond donors (Lipinski definition) is 2. The smallest absolute Gasteiger partial charge is 0.216 e. The molecule has 3 N–H and O–H groups in total. The SMILES string of the molecule is CC(=O)NCCCCC(N)C(C)=O. The summed E-state index contributed by atoms with van der Waals surface area (Å²) < 4.78 is 0. The quantitative estimate of drug-likeness (QED) is 0.582. The van der Waals surface area contributed by atoms with Gasteiger partial charge in [-0.1, -0.05) is 0 Å². The summed E-state index contributed by atoms with van der Waals surface area (Å²) >= 11 is 0. The van der Waals surface area contributed by atoms with Gasteiger partial charge in [-0.15, -0.1) is 0 Å². The second-order valence-electron chi connectivity index (χ2n) is 3.20. The molecule has 0 fully saturated rings. The number of carbonyl (C=O) groups is 2. The molecule has 0 aliphatic heterocycles. The van der Waals surface area contributed by atoms with Gasteiger partial charge in [0.05, 0.1) is 6.04 Å². The first kappa shape index (κ1) is 12.1. The summed E-state index contributed by atoms with van der Waals surface area (Å²) in [7, 11) is 0. The van der Waals surface area contributed by atoms with Crippen molar-refractivity contribution in [2.45, 2.75) is 39.2 Å². The molecule has 1 atom stereocenters. The molecule has 13 heavy (non-hydrogen) atoms. The molecule has 0 aliphatic carbocycles. The number of unbranched alkanes of at least 4 members (excludes halogenated alkanes) is 1. The molecule has 1 amide bonds. The molecular weight excluding hydrogens is 168 g/mol. The molecule has 4 nitrogen and oxygen atoms in total. The van der Waals surface area contributed by atoms with E-state index in [1.807, 2.05) is 0 Å². The third-order valence-electron chi connectivity index (χ3n) is 1.84. The number of Topliss-reactive ketones (excluding diaryl/α,β-unsaturated/α-hetero) is 1. The Bertz CT molecular complexity index is 180. The van der Waals surface area contributed by atoms with Crippen molar-refractivity contribution in [3.63, 3.8) is 0 Å². The van der Waals surface area contributed by atoms with E-state index in [-0.39, 0.29) is 17.7 Å². The average molecular weight is 186 g/mol. The standard InChI is InChI=1S/C9H18N2O2/c1-7(12)9(10)5-3-4-6-11-8(2)13/h9H,3-6,10H2,1-2H3,(H,11,13). The lowest BCUT2D eigenvalue weighted by atomic mass is 10.1. The zero-order valence-corrected chi connectivity index (χ0v) is 8.30. The molecule has 0 rings (SSSR count). The van der Waals surface area contributed by atoms with Crippen molar-refractivity contribution in [1.29, 1.82) is 0 Å². The summed E-state index contributed by atoms with van der Waals surface area (Å²) in [6.07, 6.45) is 2.45. The lowest BCUT2D eigenvalue weighted by molar-refractivity contribution is -0.119. The van der Waals surface area contributed by atoms with Crippen molar-refractivity contribution in [3.05, 3.63) is 0 Å². The van der Waals surface area contributed by atoms with Gasteiger partial charge in [-0.3, -0.25) is 9.59 Å². The zero-order valence-electron chi connectivity index (χ0n) is 8.30. The Balaban J connectivity index is 3.26. The molecule has 0 aromatic heterocycles. The Morgan fingerprint density at radius 1 is 1.31 bits per heavy atom. The highest BCUT2D eigenvalue weighted by Gasteiger charge is 2.06. The Hall–Kier alpha value is -0.900. The van der Waals surface area contributed by atoms with Crippen LogP contribution in [0.3, 0.4) is 0 Å². The number of amides is 1. The number of rotatable bonds is 6. The molecule has 0 aliphatic rings. The minimum absolute atomic E-state index is 0.0177. The molecule has 1 unspecified atom stereocenters. The third kappa shape index (κ3) is 7.46. The highest BCUT2D eigenvalue weighted by atomic mass is 16.1. The van der Waals surface area contributed by atoms with Crippen molar-refractivity contribution in [1.82, 2.24) is 5.32 Å². The van der Waals surface area contributed by atoms with E-state index >= 15 is 0 Å². The van der Waals surface area contributed by atoms with Gasteiger partial charge in [0, 0.05) is 13.5 Å². The van der Waals surface area contributed by atoms with Gasteiger partial charge >= 0.3 is 0 Å². The molecule has 0 spiro atoms. The number of hydrogen-bond acceptors (Lipinski definition) is 3. The normalized spacial score (nSPS) is 12.2. The topological polar surface area (TPSA) is 72.2 Å². The monoisotopic (exact) mass is 186 g/mol. The molecular formula is C9H18N2O2. The van der Waals surface area contributed by atoms with E-state index in [1.165, 1.54) is 13.8 Å². The first-order valence-electron chi connectivity index (χ1n) is 4.54. The van der Waals surface area contributed by atoms with Crippen LogP contribution in [0, 0.1) is 0 Å². The highest BCUT2D eigenvalue weighted by Crippen LogP contribution is 1.98. The molecule has 0 saturated heterocycles. The van der Waals surface area contributed by atoms with Crippen LogP contribution in [0.4, 0.5) is 0 Å². The van der Waals surface area contributed by atoms with Crippen molar-refractivity contribution >= 4 is 11.7 Å². The van der Waals surface area contributed by atoms with Crippen LogP contribution in [-0.4, -0.2) is 24.3 Å². The molecule has 0 radical (unpaired) electrons. The van der Waals surface area contributed by atoms with Crippen molar-refractivity contribution < 1.29 is 9.59 Å². The van der Waals surface area contributed by atoms with Gasteiger partial charge in [0.15, 0.2) is 0 Å². The minimum atomic E-state index is -0.336. The lowest BCUT2D eigenvalue weighted by Gasteiger charge is -2.06. The van der Waals surface area contributed by atoms with E-state index in [2.05, 4.69) is 5.32 Å². The van der Waals surface area contributed by atoms with Gasteiger partial charge in [-0.05, 0) is 26.2 Å². The maximum atomic E-state index is 10.7. The fourth-order valence-electron chi connectivity index (χ4n) is 0.957. The van der Waals surface area contributed by atoms with E-state index in [1.54, 1.807) is 0 Å². The zero-order chi connectivity index (χ0) is 10.3. The minimum Gasteiger partial charge on any atom is -0.356 e. The van der Waals surface area contributed by atoms with Gasteiger partial charge in [0.1, 0.15) is 5.78 Å². The summed E-state index contributed by atoms with van der Waals surface area (Å²) in [6.45, 7) is 3.65. The van der Waals surface area contributed by atoms with E-state index in [0.29, 0.717) is 13.0 Å². The van der Waals surface area contributed by atoms with Gasteiger partial charge in [-0.2, -0.15) is 0 Å².